The van der Waals surface area contributed by atoms with Gasteiger partial charge in [0.2, 0.25) is 11.8 Å². The zero-order valence-corrected chi connectivity index (χ0v) is 23.6. The van der Waals surface area contributed by atoms with Crippen LogP contribution in [0, 0.1) is 0 Å². The van der Waals surface area contributed by atoms with E-state index in [2.05, 4.69) is 5.32 Å². The highest BCUT2D eigenvalue weighted by molar-refractivity contribution is 7.99. The number of benzene rings is 3. The summed E-state index contributed by atoms with van der Waals surface area (Å²) < 4.78 is 10.9. The van der Waals surface area contributed by atoms with Crippen LogP contribution in [0.5, 0.6) is 11.5 Å². The normalized spacial score (nSPS) is 16.6. The summed E-state index contributed by atoms with van der Waals surface area (Å²) in [6.45, 7) is 5.52. The number of hydrogen-bond acceptors (Lipinski definition) is 6. The first kappa shape index (κ1) is 28.3. The molecule has 0 saturated carbocycles. The standard InChI is InChI=1S/C30H34N2O6S/c1-18(29(35)36)20-8-12-23-21(14-20)9-13-26(38-5)24(23)15-25-28(34)31-16-27(33)32(25)30(2,3)39-17-19-6-10-22(37-4)11-7-19/h6-14,18,25H,15-17H2,1-5H3,(H,31,34)(H,35,36)/t18-,25-/m0/s1. The first-order valence-corrected chi connectivity index (χ1v) is 13.7. The maximum Gasteiger partial charge on any atom is 0.310 e. The maximum atomic E-state index is 13.3. The smallest absolute Gasteiger partial charge is 0.310 e. The van der Waals surface area contributed by atoms with E-state index < -0.39 is 22.8 Å². The van der Waals surface area contributed by atoms with Crippen LogP contribution in [0.4, 0.5) is 0 Å². The molecule has 0 radical (unpaired) electrons. The molecule has 2 N–H and O–H groups in total. The summed E-state index contributed by atoms with van der Waals surface area (Å²) in [6.07, 6.45) is 0.248. The second-order valence-electron chi connectivity index (χ2n) is 10.1. The van der Waals surface area contributed by atoms with E-state index >= 15 is 0 Å². The lowest BCUT2D eigenvalue weighted by atomic mass is 9.92. The van der Waals surface area contributed by atoms with Crippen LogP contribution in [0.15, 0.2) is 54.6 Å². The number of methoxy groups -OCH3 is 2. The summed E-state index contributed by atoms with van der Waals surface area (Å²) in [4.78, 5) is 39.1. The van der Waals surface area contributed by atoms with E-state index in [1.165, 1.54) is 0 Å². The molecule has 0 bridgehead atoms. The molecule has 1 aliphatic rings. The minimum atomic E-state index is -0.898. The summed E-state index contributed by atoms with van der Waals surface area (Å²) in [5, 5.41) is 13.9. The van der Waals surface area contributed by atoms with E-state index in [9.17, 15) is 19.5 Å². The van der Waals surface area contributed by atoms with E-state index in [0.717, 1.165) is 27.6 Å². The highest BCUT2D eigenvalue weighted by Crippen LogP contribution is 2.38. The van der Waals surface area contributed by atoms with Gasteiger partial charge in [0.25, 0.3) is 0 Å². The molecule has 1 saturated heterocycles. The van der Waals surface area contributed by atoms with E-state index in [0.29, 0.717) is 17.1 Å². The minimum Gasteiger partial charge on any atom is -0.497 e. The highest BCUT2D eigenvalue weighted by Gasteiger charge is 2.43. The van der Waals surface area contributed by atoms with Crippen LogP contribution in [0.1, 0.15) is 43.4 Å². The fraction of sp³-hybridized carbons (Fsp3) is 0.367. The van der Waals surface area contributed by atoms with Crippen molar-refractivity contribution in [3.05, 3.63) is 71.3 Å². The average Bonchev–Trinajstić information content (AvgIpc) is 2.93. The SMILES string of the molecule is COc1ccc(CSC(C)(C)N2C(=O)CNC(=O)[C@@H]2Cc2c(OC)ccc3cc([C@H](C)C(=O)O)ccc23)cc1. The number of thioether (sulfide) groups is 1. The molecule has 9 heteroatoms. The zero-order chi connectivity index (χ0) is 28.3. The van der Waals surface area contributed by atoms with Gasteiger partial charge in [-0.3, -0.25) is 14.4 Å². The Labute approximate surface area is 232 Å². The Hall–Kier alpha value is -3.72. The predicted molar refractivity (Wildman–Crippen MR) is 152 cm³/mol. The Balaban J connectivity index is 1.67. The van der Waals surface area contributed by atoms with Crippen molar-refractivity contribution in [3.63, 3.8) is 0 Å². The van der Waals surface area contributed by atoms with Crippen molar-refractivity contribution in [2.24, 2.45) is 0 Å². The van der Waals surface area contributed by atoms with Gasteiger partial charge < -0.3 is 24.8 Å². The topological polar surface area (TPSA) is 105 Å². The van der Waals surface area contributed by atoms with Gasteiger partial charge in [-0.2, -0.15) is 0 Å². The van der Waals surface area contributed by atoms with E-state index in [4.69, 9.17) is 9.47 Å². The number of carboxylic acid groups (broad SMARTS) is 1. The van der Waals surface area contributed by atoms with Gasteiger partial charge in [0, 0.05) is 17.7 Å². The van der Waals surface area contributed by atoms with E-state index in [1.54, 1.807) is 43.9 Å². The molecule has 0 aliphatic carbocycles. The van der Waals surface area contributed by atoms with Gasteiger partial charge >= 0.3 is 5.97 Å². The lowest BCUT2D eigenvalue weighted by Crippen LogP contribution is -2.64. The summed E-state index contributed by atoms with van der Waals surface area (Å²) in [6, 6.07) is 16.3. The molecule has 3 aromatic carbocycles. The Morgan fingerprint density at radius 1 is 1.10 bits per heavy atom. The van der Waals surface area contributed by atoms with Crippen molar-refractivity contribution in [2.45, 2.75) is 49.8 Å². The predicted octanol–water partition coefficient (Wildman–Crippen LogP) is 4.58. The van der Waals surface area contributed by atoms with Gasteiger partial charge in [0.1, 0.15) is 17.5 Å². The number of ether oxygens (including phenoxy) is 2. The van der Waals surface area contributed by atoms with Crippen molar-refractivity contribution < 1.29 is 29.0 Å². The van der Waals surface area contributed by atoms with Crippen molar-refractivity contribution in [1.82, 2.24) is 10.2 Å². The fourth-order valence-corrected chi connectivity index (χ4v) is 6.05. The quantitative estimate of drug-likeness (QED) is 0.381. The van der Waals surface area contributed by atoms with Gasteiger partial charge in [-0.1, -0.05) is 36.4 Å². The number of piperazine rings is 1. The number of hydrogen-bond donors (Lipinski definition) is 2. The van der Waals surface area contributed by atoms with Crippen LogP contribution in [0.2, 0.25) is 0 Å². The number of rotatable bonds is 10. The first-order chi connectivity index (χ1) is 18.6. The van der Waals surface area contributed by atoms with Crippen LogP contribution >= 0.6 is 11.8 Å². The summed E-state index contributed by atoms with van der Waals surface area (Å²) in [5.74, 6) is 0.116. The number of aliphatic carboxylic acids is 1. The van der Waals surface area contributed by atoms with Crippen molar-refractivity contribution in [2.75, 3.05) is 20.8 Å². The Morgan fingerprint density at radius 2 is 1.82 bits per heavy atom. The van der Waals surface area contributed by atoms with Crippen LogP contribution in [-0.2, 0) is 26.6 Å². The average molecular weight is 551 g/mol. The second-order valence-corrected chi connectivity index (χ2v) is 11.6. The molecule has 1 aliphatic heterocycles. The molecule has 0 spiro atoms. The van der Waals surface area contributed by atoms with Crippen LogP contribution in [0.25, 0.3) is 10.8 Å². The van der Waals surface area contributed by atoms with Crippen LogP contribution in [-0.4, -0.2) is 59.5 Å². The summed E-state index contributed by atoms with van der Waals surface area (Å²) in [7, 11) is 3.20. The number of carbonyl (C=O) groups excluding carboxylic acids is 2. The summed E-state index contributed by atoms with van der Waals surface area (Å²) >= 11 is 1.59. The second kappa shape index (κ2) is 11.6. The molecule has 39 heavy (non-hydrogen) atoms. The molecule has 8 nitrogen and oxygen atoms in total. The summed E-state index contributed by atoms with van der Waals surface area (Å²) in [5.41, 5.74) is 2.57. The minimum absolute atomic E-state index is 0.0506. The largest absolute Gasteiger partial charge is 0.497 e. The third kappa shape index (κ3) is 5.98. The third-order valence-corrected chi connectivity index (χ3v) is 8.61. The van der Waals surface area contributed by atoms with Gasteiger partial charge in [0.05, 0.1) is 31.6 Å². The number of carboxylic acids is 1. The zero-order valence-electron chi connectivity index (χ0n) is 22.8. The lowest BCUT2D eigenvalue weighted by molar-refractivity contribution is -0.148. The van der Waals surface area contributed by atoms with Gasteiger partial charge in [-0.05, 0) is 60.9 Å². The monoisotopic (exact) mass is 550 g/mol. The molecule has 1 heterocycles. The van der Waals surface area contributed by atoms with Crippen LogP contribution in [0.3, 0.4) is 0 Å². The Bertz CT molecular complexity index is 1390. The first-order valence-electron chi connectivity index (χ1n) is 12.7. The molecular weight excluding hydrogens is 516 g/mol. The van der Waals surface area contributed by atoms with Gasteiger partial charge in [0.15, 0.2) is 0 Å². The number of fused-ring (bicyclic) bond motifs is 1. The molecule has 2 atom stereocenters. The maximum absolute atomic E-state index is 13.3. The molecule has 2 amide bonds. The molecule has 0 unspecified atom stereocenters. The van der Waals surface area contributed by atoms with Crippen molar-refractivity contribution in [3.8, 4) is 11.5 Å². The van der Waals surface area contributed by atoms with Crippen LogP contribution < -0.4 is 14.8 Å². The molecule has 1 fully saturated rings. The van der Waals surface area contributed by atoms with Gasteiger partial charge in [-0.15, -0.1) is 11.8 Å². The Morgan fingerprint density at radius 3 is 2.46 bits per heavy atom. The number of nitrogens with one attached hydrogen (secondary N) is 1. The highest BCUT2D eigenvalue weighted by atomic mass is 32.2. The van der Waals surface area contributed by atoms with E-state index in [-0.39, 0.29) is 24.8 Å². The van der Waals surface area contributed by atoms with E-state index in [1.807, 2.05) is 62.4 Å². The molecular formula is C30H34N2O6S. The van der Waals surface area contributed by atoms with Crippen molar-refractivity contribution in [1.29, 1.82) is 0 Å². The number of carbonyl (C=O) groups is 3. The van der Waals surface area contributed by atoms with Gasteiger partial charge in [-0.25, -0.2) is 0 Å². The fourth-order valence-electron chi connectivity index (χ4n) is 4.97. The lowest BCUT2D eigenvalue weighted by Gasteiger charge is -2.45. The Kier molecular flexibility index (Phi) is 8.39. The third-order valence-electron chi connectivity index (χ3n) is 7.23. The molecule has 4 rings (SSSR count). The molecule has 206 valence electrons. The molecule has 0 aromatic heterocycles. The number of amides is 2. The number of nitrogens with zero attached hydrogens (tertiary/aromatic N) is 1. The molecule has 3 aromatic rings. The van der Waals surface area contributed by atoms with Crippen molar-refractivity contribution >= 4 is 40.3 Å².